The Kier molecular flexibility index (Phi) is 2.42. The van der Waals surface area contributed by atoms with E-state index in [1.54, 1.807) is 6.26 Å². The standard InChI is InChI=1S/C20H15NO/c1-2-6-14-13(5-1)10-11-17-19(14)20(18-9-4-12-22-18)15-7-3-8-16(15)21-17/h1-2,4-6,9-12H,3,7-8H2. The van der Waals surface area contributed by atoms with Crippen molar-refractivity contribution in [1.29, 1.82) is 0 Å². The van der Waals surface area contributed by atoms with Crippen LogP contribution in [0.2, 0.25) is 0 Å². The van der Waals surface area contributed by atoms with Gasteiger partial charge in [-0.2, -0.15) is 0 Å². The quantitative estimate of drug-likeness (QED) is 0.453. The van der Waals surface area contributed by atoms with Crippen molar-refractivity contribution < 1.29 is 4.42 Å². The molecule has 0 radical (unpaired) electrons. The maximum Gasteiger partial charge on any atom is 0.134 e. The second-order valence-electron chi connectivity index (χ2n) is 5.92. The third-order valence-electron chi connectivity index (χ3n) is 4.67. The van der Waals surface area contributed by atoms with E-state index in [-0.39, 0.29) is 0 Å². The Labute approximate surface area is 128 Å². The van der Waals surface area contributed by atoms with Crippen LogP contribution in [0.4, 0.5) is 0 Å². The van der Waals surface area contributed by atoms with Crippen molar-refractivity contribution in [3.8, 4) is 11.3 Å². The average Bonchev–Trinajstić information content (AvgIpc) is 3.23. The number of hydrogen-bond donors (Lipinski definition) is 0. The largest absolute Gasteiger partial charge is 0.464 e. The number of nitrogens with zero attached hydrogens (tertiary/aromatic N) is 1. The molecule has 1 aliphatic rings. The van der Waals surface area contributed by atoms with Gasteiger partial charge in [0.2, 0.25) is 0 Å². The molecular formula is C20H15NO. The van der Waals surface area contributed by atoms with E-state index in [1.807, 2.05) is 6.07 Å². The molecule has 5 rings (SSSR count). The van der Waals surface area contributed by atoms with Crippen LogP contribution in [0.5, 0.6) is 0 Å². The first-order valence-corrected chi connectivity index (χ1v) is 7.79. The molecule has 2 nitrogen and oxygen atoms in total. The molecular weight excluding hydrogens is 270 g/mol. The van der Waals surface area contributed by atoms with Gasteiger partial charge in [0.05, 0.1) is 11.8 Å². The summed E-state index contributed by atoms with van der Waals surface area (Å²) in [5, 5.41) is 3.74. The highest BCUT2D eigenvalue weighted by atomic mass is 16.3. The van der Waals surface area contributed by atoms with E-state index >= 15 is 0 Å². The molecule has 2 heterocycles. The Morgan fingerprint density at radius 3 is 2.77 bits per heavy atom. The van der Waals surface area contributed by atoms with Crippen LogP contribution in [0.15, 0.2) is 59.2 Å². The Bertz CT molecular complexity index is 999. The van der Waals surface area contributed by atoms with Crippen molar-refractivity contribution in [2.75, 3.05) is 0 Å². The summed E-state index contributed by atoms with van der Waals surface area (Å²) in [6.45, 7) is 0. The van der Waals surface area contributed by atoms with Crippen molar-refractivity contribution in [1.82, 2.24) is 4.98 Å². The number of aromatic nitrogens is 1. The van der Waals surface area contributed by atoms with Gasteiger partial charge in [-0.15, -0.1) is 0 Å². The lowest BCUT2D eigenvalue weighted by molar-refractivity contribution is 0.582. The fourth-order valence-corrected chi connectivity index (χ4v) is 3.73. The summed E-state index contributed by atoms with van der Waals surface area (Å²) in [5.74, 6) is 0.960. The van der Waals surface area contributed by atoms with Crippen LogP contribution in [-0.2, 0) is 12.8 Å². The minimum Gasteiger partial charge on any atom is -0.464 e. The number of rotatable bonds is 1. The van der Waals surface area contributed by atoms with Gasteiger partial charge >= 0.3 is 0 Å². The Balaban J connectivity index is 2.04. The van der Waals surface area contributed by atoms with Crippen molar-refractivity contribution in [2.24, 2.45) is 0 Å². The van der Waals surface area contributed by atoms with Gasteiger partial charge in [0, 0.05) is 16.6 Å². The maximum absolute atomic E-state index is 5.77. The zero-order valence-electron chi connectivity index (χ0n) is 12.2. The molecule has 2 heteroatoms. The van der Waals surface area contributed by atoms with E-state index in [0.717, 1.165) is 24.1 Å². The first-order valence-electron chi connectivity index (χ1n) is 7.79. The Morgan fingerprint density at radius 2 is 1.86 bits per heavy atom. The van der Waals surface area contributed by atoms with Crippen molar-refractivity contribution in [3.05, 3.63) is 66.1 Å². The summed E-state index contributed by atoms with van der Waals surface area (Å²) in [6.07, 6.45) is 5.11. The van der Waals surface area contributed by atoms with Crippen LogP contribution in [0.3, 0.4) is 0 Å². The highest BCUT2D eigenvalue weighted by Gasteiger charge is 2.22. The van der Waals surface area contributed by atoms with Gasteiger partial charge in [0.25, 0.3) is 0 Å². The van der Waals surface area contributed by atoms with Gasteiger partial charge in [0.1, 0.15) is 5.76 Å². The van der Waals surface area contributed by atoms with Crippen LogP contribution < -0.4 is 0 Å². The lowest BCUT2D eigenvalue weighted by Crippen LogP contribution is -1.95. The van der Waals surface area contributed by atoms with Crippen LogP contribution in [0.25, 0.3) is 33.0 Å². The van der Waals surface area contributed by atoms with Crippen molar-refractivity contribution >= 4 is 21.7 Å². The zero-order valence-corrected chi connectivity index (χ0v) is 12.2. The summed E-state index contributed by atoms with van der Waals surface area (Å²) in [5.41, 5.74) is 4.94. The van der Waals surface area contributed by atoms with Gasteiger partial charge in [-0.25, -0.2) is 0 Å². The Hall–Kier alpha value is -2.61. The molecule has 0 fully saturated rings. The number of pyridine rings is 1. The monoisotopic (exact) mass is 285 g/mol. The highest BCUT2D eigenvalue weighted by molar-refractivity contribution is 6.13. The van der Waals surface area contributed by atoms with E-state index < -0.39 is 0 Å². The topological polar surface area (TPSA) is 26.0 Å². The van der Waals surface area contributed by atoms with Gasteiger partial charge in [0.15, 0.2) is 0 Å². The smallest absolute Gasteiger partial charge is 0.134 e. The van der Waals surface area contributed by atoms with Crippen molar-refractivity contribution in [2.45, 2.75) is 19.3 Å². The van der Waals surface area contributed by atoms with Gasteiger partial charge in [-0.1, -0.05) is 30.3 Å². The van der Waals surface area contributed by atoms with E-state index in [1.165, 1.54) is 39.4 Å². The van der Waals surface area contributed by atoms with E-state index in [0.29, 0.717) is 0 Å². The fourth-order valence-electron chi connectivity index (χ4n) is 3.73. The van der Waals surface area contributed by atoms with Crippen molar-refractivity contribution in [3.63, 3.8) is 0 Å². The van der Waals surface area contributed by atoms with Crippen LogP contribution >= 0.6 is 0 Å². The van der Waals surface area contributed by atoms with Crippen LogP contribution in [0.1, 0.15) is 17.7 Å². The summed E-state index contributed by atoms with van der Waals surface area (Å²) >= 11 is 0. The molecule has 106 valence electrons. The van der Waals surface area contributed by atoms with Crippen LogP contribution in [-0.4, -0.2) is 4.98 Å². The fraction of sp³-hybridized carbons (Fsp3) is 0.150. The third kappa shape index (κ3) is 1.58. The predicted molar refractivity (Wildman–Crippen MR) is 89.0 cm³/mol. The highest BCUT2D eigenvalue weighted by Crippen LogP contribution is 2.40. The molecule has 0 N–H and O–H groups in total. The lowest BCUT2D eigenvalue weighted by atomic mass is 9.95. The van der Waals surface area contributed by atoms with Gasteiger partial charge in [-0.05, 0) is 53.8 Å². The average molecular weight is 285 g/mol. The number of hydrogen-bond acceptors (Lipinski definition) is 2. The molecule has 0 saturated carbocycles. The first-order chi connectivity index (χ1) is 10.9. The minimum atomic E-state index is 0.960. The molecule has 2 aromatic heterocycles. The number of furan rings is 1. The molecule has 0 unspecified atom stereocenters. The number of fused-ring (bicyclic) bond motifs is 4. The first kappa shape index (κ1) is 12.0. The minimum absolute atomic E-state index is 0.960. The number of aryl methyl sites for hydroxylation is 1. The summed E-state index contributed by atoms with van der Waals surface area (Å²) in [7, 11) is 0. The normalized spacial score (nSPS) is 13.8. The van der Waals surface area contributed by atoms with Gasteiger partial charge < -0.3 is 4.42 Å². The molecule has 0 aliphatic heterocycles. The third-order valence-corrected chi connectivity index (χ3v) is 4.67. The van der Waals surface area contributed by atoms with E-state index in [4.69, 9.17) is 9.40 Å². The molecule has 22 heavy (non-hydrogen) atoms. The molecule has 2 aromatic carbocycles. The second-order valence-corrected chi connectivity index (χ2v) is 5.92. The Morgan fingerprint density at radius 1 is 0.909 bits per heavy atom. The van der Waals surface area contributed by atoms with Crippen LogP contribution in [0, 0.1) is 0 Å². The molecule has 4 aromatic rings. The molecule has 0 atom stereocenters. The predicted octanol–water partition coefficient (Wildman–Crippen LogP) is 5.14. The molecule has 0 amide bonds. The second kappa shape index (κ2) is 4.44. The molecule has 1 aliphatic carbocycles. The summed E-state index contributed by atoms with van der Waals surface area (Å²) < 4.78 is 5.77. The van der Waals surface area contributed by atoms with Gasteiger partial charge in [-0.3, -0.25) is 4.98 Å². The lowest BCUT2D eigenvalue weighted by Gasteiger charge is -2.13. The van der Waals surface area contributed by atoms with E-state index in [9.17, 15) is 0 Å². The van der Waals surface area contributed by atoms with E-state index in [2.05, 4.69) is 42.5 Å². The maximum atomic E-state index is 5.77. The zero-order chi connectivity index (χ0) is 14.5. The molecule has 0 saturated heterocycles. The summed E-state index contributed by atoms with van der Waals surface area (Å²) in [6, 6.07) is 16.9. The molecule has 0 spiro atoms. The molecule has 0 bridgehead atoms. The SMILES string of the molecule is c1coc(-c2c3c(nc4ccc5ccccc5c24)CCC3)c1. The summed E-state index contributed by atoms with van der Waals surface area (Å²) in [4.78, 5) is 4.93. The number of benzene rings is 2.